The Hall–Kier alpha value is -4.95. The Labute approximate surface area is 238 Å². The van der Waals surface area contributed by atoms with Crippen LogP contribution in [0.4, 0.5) is 0 Å². The molecule has 0 radical (unpaired) electrons. The number of rotatable bonds is 5. The molecule has 202 valence electrons. The molecule has 8 heteroatoms. The zero-order chi connectivity index (χ0) is 28.1. The zero-order valence-corrected chi connectivity index (χ0v) is 22.8. The lowest BCUT2D eigenvalue weighted by molar-refractivity contribution is -0.255. The van der Waals surface area contributed by atoms with Gasteiger partial charge in [0.15, 0.2) is 4.80 Å². The van der Waals surface area contributed by atoms with Crippen molar-refractivity contribution in [1.82, 2.24) is 4.57 Å². The number of allylic oxidation sites excluding steroid dienone is 1. The van der Waals surface area contributed by atoms with Crippen molar-refractivity contribution >= 4 is 29.1 Å². The highest BCUT2D eigenvalue weighted by Crippen LogP contribution is 2.43. The number of aryl methyl sites for hydroxylation is 1. The van der Waals surface area contributed by atoms with Crippen LogP contribution in [0.3, 0.4) is 0 Å². The van der Waals surface area contributed by atoms with Crippen molar-refractivity contribution in [3.63, 3.8) is 0 Å². The highest BCUT2D eigenvalue weighted by molar-refractivity contribution is 7.07. The average molecular weight is 560 g/mol. The molecule has 3 aromatic carbocycles. The Morgan fingerprint density at radius 1 is 1.02 bits per heavy atom. The van der Waals surface area contributed by atoms with Gasteiger partial charge in [0.05, 0.1) is 29.4 Å². The molecule has 1 unspecified atom stereocenters. The molecule has 0 amide bonds. The van der Waals surface area contributed by atoms with E-state index in [1.165, 1.54) is 29.0 Å². The number of carboxylic acids is 1. The Kier molecular flexibility index (Phi) is 6.05. The predicted molar refractivity (Wildman–Crippen MR) is 154 cm³/mol. The maximum atomic E-state index is 14.0. The highest BCUT2D eigenvalue weighted by Gasteiger charge is 2.34. The number of fused-ring (bicyclic) bond motifs is 3. The maximum absolute atomic E-state index is 14.0. The second-order valence-electron chi connectivity index (χ2n) is 9.92. The number of nitrogens with zero attached hydrogens (tertiary/aromatic N) is 2. The summed E-state index contributed by atoms with van der Waals surface area (Å²) in [5, 5.41) is 11.1. The van der Waals surface area contributed by atoms with E-state index in [4.69, 9.17) is 14.1 Å². The van der Waals surface area contributed by atoms with Crippen molar-refractivity contribution in [2.75, 3.05) is 7.11 Å². The number of carbonyl (C=O) groups is 1. The Bertz CT molecular complexity index is 2050. The standard InChI is InChI=1S/C33H24N2O5S/c1-39-27-9-5-4-8-24(27)30-25-16-14-19-6-2-3-7-23(19)29(25)34-33-35(30)31(36)28(41-33)18-22-15-17-26(40-22)20-10-12-21(13-11-20)32(37)38/h2-13,15,17-18,30H,14,16H2,1H3,(H,37,38)/p-1/b28-18-. The summed E-state index contributed by atoms with van der Waals surface area (Å²) in [5.41, 5.74) is 5.98. The largest absolute Gasteiger partial charge is 0.545 e. The van der Waals surface area contributed by atoms with Gasteiger partial charge in [-0.3, -0.25) is 9.36 Å². The summed E-state index contributed by atoms with van der Waals surface area (Å²) in [7, 11) is 1.65. The van der Waals surface area contributed by atoms with Gasteiger partial charge in [-0.25, -0.2) is 4.99 Å². The third-order valence-electron chi connectivity index (χ3n) is 7.61. The predicted octanol–water partition coefficient (Wildman–Crippen LogP) is 3.95. The number of aromatic carboxylic acids is 1. The lowest BCUT2D eigenvalue weighted by atomic mass is 9.83. The van der Waals surface area contributed by atoms with Crippen LogP contribution >= 0.6 is 11.3 Å². The van der Waals surface area contributed by atoms with Crippen LogP contribution in [0.1, 0.15) is 45.3 Å². The van der Waals surface area contributed by atoms with Crippen LogP contribution < -0.4 is 24.7 Å². The molecule has 0 bridgehead atoms. The summed E-state index contributed by atoms with van der Waals surface area (Å²) < 4.78 is 14.1. The van der Waals surface area contributed by atoms with Gasteiger partial charge >= 0.3 is 0 Å². The smallest absolute Gasteiger partial charge is 0.271 e. The summed E-state index contributed by atoms with van der Waals surface area (Å²) >= 11 is 1.33. The Morgan fingerprint density at radius 2 is 1.80 bits per heavy atom. The van der Waals surface area contributed by atoms with E-state index in [1.54, 1.807) is 42.0 Å². The van der Waals surface area contributed by atoms with Crippen LogP contribution in [-0.2, 0) is 6.42 Å². The third-order valence-corrected chi connectivity index (χ3v) is 8.59. The van der Waals surface area contributed by atoms with Crippen LogP contribution in [0.25, 0.3) is 23.1 Å². The molecule has 2 aromatic heterocycles. The normalized spacial score (nSPS) is 16.0. The average Bonchev–Trinajstić information content (AvgIpc) is 3.60. The number of carbonyl (C=O) groups excluding carboxylic acids is 1. The van der Waals surface area contributed by atoms with Crippen molar-refractivity contribution in [2.45, 2.75) is 18.9 Å². The van der Waals surface area contributed by atoms with Crippen LogP contribution in [0.5, 0.6) is 5.75 Å². The molecule has 1 atom stereocenters. The van der Waals surface area contributed by atoms with Gasteiger partial charge in [0.1, 0.15) is 17.3 Å². The monoisotopic (exact) mass is 559 g/mol. The highest BCUT2D eigenvalue weighted by atomic mass is 32.1. The summed E-state index contributed by atoms with van der Waals surface area (Å²) in [6.45, 7) is 0. The van der Waals surface area contributed by atoms with Crippen LogP contribution in [0.2, 0.25) is 0 Å². The van der Waals surface area contributed by atoms with E-state index in [-0.39, 0.29) is 17.2 Å². The second-order valence-corrected chi connectivity index (χ2v) is 10.9. The molecule has 0 saturated carbocycles. The number of thiazole rings is 1. The maximum Gasteiger partial charge on any atom is 0.271 e. The Balaban J connectivity index is 1.38. The first kappa shape index (κ1) is 25.0. The molecule has 0 spiro atoms. The molecule has 1 aliphatic carbocycles. The van der Waals surface area contributed by atoms with Gasteiger partial charge in [0, 0.05) is 22.8 Å². The molecule has 2 aliphatic rings. The number of methoxy groups -OCH3 is 1. The van der Waals surface area contributed by atoms with Crippen molar-refractivity contribution < 1.29 is 19.1 Å². The molecular formula is C33H23N2O5S-. The van der Waals surface area contributed by atoms with E-state index in [9.17, 15) is 14.7 Å². The molecule has 7 nitrogen and oxygen atoms in total. The van der Waals surface area contributed by atoms with Crippen LogP contribution in [0, 0.1) is 0 Å². The number of furan rings is 1. The molecule has 5 aromatic rings. The molecule has 0 N–H and O–H groups in total. The first-order valence-corrected chi connectivity index (χ1v) is 14.0. The van der Waals surface area contributed by atoms with E-state index in [1.807, 2.05) is 36.4 Å². The Morgan fingerprint density at radius 3 is 2.61 bits per heavy atom. The fraction of sp³-hybridized carbons (Fsp3) is 0.121. The van der Waals surface area contributed by atoms with E-state index in [2.05, 4.69) is 12.1 Å². The number of hydrogen-bond acceptors (Lipinski definition) is 7. The van der Waals surface area contributed by atoms with E-state index in [0.29, 0.717) is 20.9 Å². The van der Waals surface area contributed by atoms with Crippen molar-refractivity contribution in [2.24, 2.45) is 4.99 Å². The topological polar surface area (TPSA) is 96.9 Å². The van der Waals surface area contributed by atoms with E-state index < -0.39 is 5.97 Å². The van der Waals surface area contributed by atoms with Gasteiger partial charge in [-0.15, -0.1) is 0 Å². The lowest BCUT2D eigenvalue weighted by Crippen LogP contribution is -2.38. The van der Waals surface area contributed by atoms with Gasteiger partial charge in [0.25, 0.3) is 5.56 Å². The van der Waals surface area contributed by atoms with Crippen molar-refractivity contribution in [3.8, 4) is 17.1 Å². The molecule has 1 aliphatic heterocycles. The summed E-state index contributed by atoms with van der Waals surface area (Å²) in [5.74, 6) is 0.564. The fourth-order valence-electron chi connectivity index (χ4n) is 5.68. The lowest BCUT2D eigenvalue weighted by Gasteiger charge is -2.31. The van der Waals surface area contributed by atoms with Gasteiger partial charge < -0.3 is 19.1 Å². The molecule has 0 fully saturated rings. The number of ether oxygens (including phenoxy) is 1. The number of hydrogen-bond donors (Lipinski definition) is 0. The minimum Gasteiger partial charge on any atom is -0.545 e. The fourth-order valence-corrected chi connectivity index (χ4v) is 6.66. The molecule has 41 heavy (non-hydrogen) atoms. The number of aromatic nitrogens is 1. The molecule has 3 heterocycles. The van der Waals surface area contributed by atoms with Crippen LogP contribution in [0.15, 0.2) is 105 Å². The number of benzene rings is 3. The minimum atomic E-state index is -1.23. The van der Waals surface area contributed by atoms with Gasteiger partial charge in [-0.1, -0.05) is 78.1 Å². The molecule has 7 rings (SSSR count). The first-order valence-electron chi connectivity index (χ1n) is 13.2. The SMILES string of the molecule is COc1ccccc1C1C2=C(N=c3s/c(=C\c4ccc(-c5ccc(C(=O)[O-])cc5)o4)c(=O)n31)c1ccccc1CC2. The quantitative estimate of drug-likeness (QED) is 0.325. The van der Waals surface area contributed by atoms with Crippen molar-refractivity contribution in [1.29, 1.82) is 0 Å². The third kappa shape index (κ3) is 4.24. The van der Waals surface area contributed by atoms with Crippen LogP contribution in [-0.4, -0.2) is 17.6 Å². The van der Waals surface area contributed by atoms with Crippen molar-refractivity contribution in [3.05, 3.63) is 138 Å². The zero-order valence-electron chi connectivity index (χ0n) is 22.0. The van der Waals surface area contributed by atoms with Gasteiger partial charge in [0.2, 0.25) is 0 Å². The van der Waals surface area contributed by atoms with E-state index in [0.717, 1.165) is 46.6 Å². The van der Waals surface area contributed by atoms with E-state index >= 15 is 0 Å². The van der Waals surface area contributed by atoms with Gasteiger partial charge in [-0.05, 0) is 47.7 Å². The summed E-state index contributed by atoms with van der Waals surface area (Å²) in [6, 6.07) is 25.7. The second kappa shape index (κ2) is 9.91. The number of para-hydroxylation sites is 1. The molecule has 0 saturated heterocycles. The number of carboxylic acid groups (broad SMARTS) is 1. The summed E-state index contributed by atoms with van der Waals surface area (Å²) in [4.78, 5) is 30.8. The minimum absolute atomic E-state index is 0.0940. The molecular weight excluding hydrogens is 536 g/mol. The summed E-state index contributed by atoms with van der Waals surface area (Å²) in [6.07, 6.45) is 3.40. The van der Waals surface area contributed by atoms with Gasteiger partial charge in [-0.2, -0.15) is 0 Å². The first-order chi connectivity index (χ1) is 20.0.